The van der Waals surface area contributed by atoms with Crippen molar-refractivity contribution in [2.75, 3.05) is 0 Å². The van der Waals surface area contributed by atoms with Gasteiger partial charge in [0.1, 0.15) is 0 Å². The molecule has 1 N–H and O–H groups in total. The SMILES string of the molecule is CC=CC=C(C)C(=O)O.[Au]. The minimum absolute atomic E-state index is 0. The van der Waals surface area contributed by atoms with E-state index in [0.29, 0.717) is 5.57 Å². The van der Waals surface area contributed by atoms with Crippen molar-refractivity contribution in [3.8, 4) is 0 Å². The van der Waals surface area contributed by atoms with Crippen molar-refractivity contribution in [1.82, 2.24) is 0 Å². The minimum Gasteiger partial charge on any atom is -0.478 e. The van der Waals surface area contributed by atoms with Crippen molar-refractivity contribution < 1.29 is 32.3 Å². The maximum Gasteiger partial charge on any atom is 0.331 e. The van der Waals surface area contributed by atoms with Gasteiger partial charge in [-0.2, -0.15) is 0 Å². The monoisotopic (exact) mass is 323 g/mol. The van der Waals surface area contributed by atoms with Gasteiger partial charge in [0.15, 0.2) is 0 Å². The first-order valence-electron chi connectivity index (χ1n) is 2.71. The fourth-order valence-electron chi connectivity index (χ4n) is 0.312. The second-order valence-corrected chi connectivity index (χ2v) is 1.68. The fourth-order valence-corrected chi connectivity index (χ4v) is 0.312. The average molecular weight is 323 g/mol. The molecule has 0 unspecified atom stereocenters. The van der Waals surface area contributed by atoms with Crippen LogP contribution in [0.3, 0.4) is 0 Å². The number of hydrogen-bond acceptors (Lipinski definition) is 1. The first-order chi connectivity index (χ1) is 4.18. The van der Waals surface area contributed by atoms with Gasteiger partial charge >= 0.3 is 5.97 Å². The Hall–Kier alpha value is -0.310. The van der Waals surface area contributed by atoms with E-state index < -0.39 is 5.97 Å². The molecule has 0 spiro atoms. The third-order valence-corrected chi connectivity index (χ3v) is 0.876. The number of hydrogen-bond donors (Lipinski definition) is 1. The third kappa shape index (κ3) is 5.82. The molecule has 0 amide bonds. The summed E-state index contributed by atoms with van der Waals surface area (Å²) in [4.78, 5) is 10.1. The van der Waals surface area contributed by atoms with Crippen LogP contribution >= 0.6 is 0 Å². The molecule has 0 saturated heterocycles. The summed E-state index contributed by atoms with van der Waals surface area (Å²) in [7, 11) is 0. The van der Waals surface area contributed by atoms with Crippen molar-refractivity contribution in [1.29, 1.82) is 0 Å². The van der Waals surface area contributed by atoms with Crippen LogP contribution in [-0.2, 0) is 27.2 Å². The molecule has 0 atom stereocenters. The van der Waals surface area contributed by atoms with Crippen molar-refractivity contribution >= 4 is 5.97 Å². The quantitative estimate of drug-likeness (QED) is 0.476. The number of rotatable bonds is 2. The average Bonchev–Trinajstić information content (AvgIpc) is 1.82. The Balaban J connectivity index is 0. The molecule has 2 nitrogen and oxygen atoms in total. The van der Waals surface area contributed by atoms with E-state index in [9.17, 15) is 4.79 Å². The summed E-state index contributed by atoms with van der Waals surface area (Å²) in [6.07, 6.45) is 5.04. The number of carboxylic acid groups (broad SMARTS) is 1. The number of carbonyl (C=O) groups is 1. The van der Waals surface area contributed by atoms with Gasteiger partial charge in [0, 0.05) is 28.0 Å². The molecule has 1 radical (unpaired) electrons. The zero-order chi connectivity index (χ0) is 7.28. The Labute approximate surface area is 76.1 Å². The number of allylic oxidation sites excluding steroid dienone is 3. The summed E-state index contributed by atoms with van der Waals surface area (Å²) in [6, 6.07) is 0. The third-order valence-electron chi connectivity index (χ3n) is 0.876. The predicted molar refractivity (Wildman–Crippen MR) is 36.2 cm³/mol. The van der Waals surface area contributed by atoms with E-state index in [-0.39, 0.29) is 22.4 Å². The first-order valence-corrected chi connectivity index (χ1v) is 2.71. The Morgan fingerprint density at radius 3 is 2.30 bits per heavy atom. The summed E-state index contributed by atoms with van der Waals surface area (Å²) < 4.78 is 0. The van der Waals surface area contributed by atoms with Crippen molar-refractivity contribution in [2.45, 2.75) is 13.8 Å². The topological polar surface area (TPSA) is 37.3 Å². The van der Waals surface area contributed by atoms with E-state index in [1.54, 1.807) is 25.2 Å². The van der Waals surface area contributed by atoms with Gasteiger partial charge in [-0.25, -0.2) is 4.79 Å². The van der Waals surface area contributed by atoms with E-state index >= 15 is 0 Å². The van der Waals surface area contributed by atoms with E-state index in [1.807, 2.05) is 6.92 Å². The van der Waals surface area contributed by atoms with Crippen molar-refractivity contribution in [2.24, 2.45) is 0 Å². The van der Waals surface area contributed by atoms with Gasteiger partial charge in [0.05, 0.1) is 0 Å². The molecule has 0 heterocycles. The summed E-state index contributed by atoms with van der Waals surface area (Å²) >= 11 is 0. The van der Waals surface area contributed by atoms with Crippen LogP contribution < -0.4 is 0 Å². The molecule has 0 bridgehead atoms. The van der Waals surface area contributed by atoms with Crippen LogP contribution in [0.1, 0.15) is 13.8 Å². The van der Waals surface area contributed by atoms with Crippen LogP contribution in [0.4, 0.5) is 0 Å². The molecule has 61 valence electrons. The van der Waals surface area contributed by atoms with Crippen LogP contribution in [0.2, 0.25) is 0 Å². The maximum absolute atomic E-state index is 10.1. The normalized spacial score (nSPS) is 11.2. The van der Waals surface area contributed by atoms with Gasteiger partial charge in [-0.3, -0.25) is 0 Å². The van der Waals surface area contributed by atoms with Gasteiger partial charge < -0.3 is 5.11 Å². The summed E-state index contributed by atoms with van der Waals surface area (Å²) in [5.41, 5.74) is 0.355. The van der Waals surface area contributed by atoms with E-state index in [1.165, 1.54) is 0 Å². The second kappa shape index (κ2) is 6.81. The van der Waals surface area contributed by atoms with E-state index in [0.717, 1.165) is 0 Å². The Morgan fingerprint density at radius 1 is 1.50 bits per heavy atom. The molecular formula is C7H10AuO2. The summed E-state index contributed by atoms with van der Waals surface area (Å²) in [5, 5.41) is 8.31. The Kier molecular flexibility index (Phi) is 8.42. The zero-order valence-electron chi connectivity index (χ0n) is 5.89. The zero-order valence-corrected chi connectivity index (χ0v) is 8.06. The Bertz CT molecular complexity index is 159. The molecule has 10 heavy (non-hydrogen) atoms. The molecular weight excluding hydrogens is 313 g/mol. The molecule has 0 aromatic carbocycles. The van der Waals surface area contributed by atoms with Gasteiger partial charge in [0.25, 0.3) is 0 Å². The Morgan fingerprint density at radius 2 is 2.00 bits per heavy atom. The smallest absolute Gasteiger partial charge is 0.331 e. The van der Waals surface area contributed by atoms with Gasteiger partial charge in [0.2, 0.25) is 0 Å². The molecule has 0 aliphatic rings. The van der Waals surface area contributed by atoms with Gasteiger partial charge in [-0.05, 0) is 13.8 Å². The van der Waals surface area contributed by atoms with Crippen LogP contribution in [0.25, 0.3) is 0 Å². The standard InChI is InChI=1S/C7H10O2.Au/c1-3-4-5-6(2)7(8)9;/h3-5H,1-2H3,(H,8,9);. The summed E-state index contributed by atoms with van der Waals surface area (Å²) in [5.74, 6) is -0.867. The first kappa shape index (κ1) is 12.4. The maximum atomic E-state index is 10.1. The van der Waals surface area contributed by atoms with Crippen LogP contribution in [-0.4, -0.2) is 11.1 Å². The molecule has 0 fully saturated rings. The molecule has 3 heteroatoms. The van der Waals surface area contributed by atoms with Gasteiger partial charge in [-0.15, -0.1) is 0 Å². The molecule has 0 rings (SSSR count). The van der Waals surface area contributed by atoms with E-state index in [4.69, 9.17) is 5.11 Å². The number of carboxylic acids is 1. The largest absolute Gasteiger partial charge is 0.478 e. The van der Waals surface area contributed by atoms with Crippen LogP contribution in [0, 0.1) is 0 Å². The van der Waals surface area contributed by atoms with Crippen molar-refractivity contribution in [3.63, 3.8) is 0 Å². The number of aliphatic carboxylic acids is 1. The van der Waals surface area contributed by atoms with Crippen molar-refractivity contribution in [3.05, 3.63) is 23.8 Å². The van der Waals surface area contributed by atoms with Crippen LogP contribution in [0.5, 0.6) is 0 Å². The molecule has 0 aromatic rings. The molecule has 0 aliphatic heterocycles. The molecule has 0 aromatic heterocycles. The molecule has 0 saturated carbocycles. The summed E-state index contributed by atoms with van der Waals surface area (Å²) in [6.45, 7) is 3.40. The second-order valence-electron chi connectivity index (χ2n) is 1.68. The fraction of sp³-hybridized carbons (Fsp3) is 0.286. The van der Waals surface area contributed by atoms with E-state index in [2.05, 4.69) is 0 Å². The van der Waals surface area contributed by atoms with Gasteiger partial charge in [-0.1, -0.05) is 18.2 Å². The van der Waals surface area contributed by atoms with Crippen LogP contribution in [0.15, 0.2) is 23.8 Å². The minimum atomic E-state index is -0.867. The molecule has 0 aliphatic carbocycles. The predicted octanol–water partition coefficient (Wildman–Crippen LogP) is 1.59.